The van der Waals surface area contributed by atoms with Gasteiger partial charge in [-0.15, -0.1) is 0 Å². The normalized spacial score (nSPS) is 28.4. The van der Waals surface area contributed by atoms with Gasteiger partial charge in [-0.3, -0.25) is 0 Å². The Labute approximate surface area is 122 Å². The van der Waals surface area contributed by atoms with Gasteiger partial charge >= 0.3 is 6.18 Å². The number of alkyl halides is 3. The van der Waals surface area contributed by atoms with Crippen molar-refractivity contribution in [3.05, 3.63) is 35.1 Å². The van der Waals surface area contributed by atoms with Gasteiger partial charge in [0.05, 0.1) is 5.56 Å². The Balaban J connectivity index is 2.26. The molecule has 0 aliphatic heterocycles. The summed E-state index contributed by atoms with van der Waals surface area (Å²) >= 11 is 0. The zero-order chi connectivity index (χ0) is 15.8. The molecule has 1 aliphatic rings. The van der Waals surface area contributed by atoms with Crippen LogP contribution in [0.3, 0.4) is 0 Å². The van der Waals surface area contributed by atoms with Crippen molar-refractivity contribution in [2.45, 2.75) is 45.3 Å². The van der Waals surface area contributed by atoms with Gasteiger partial charge in [-0.25, -0.2) is 4.39 Å². The summed E-state index contributed by atoms with van der Waals surface area (Å²) in [6.07, 6.45) is -2.03. The van der Waals surface area contributed by atoms with Crippen molar-refractivity contribution < 1.29 is 17.6 Å². The number of benzene rings is 1. The third-order valence-corrected chi connectivity index (χ3v) is 4.84. The molecule has 0 saturated heterocycles. The first kappa shape index (κ1) is 16.3. The van der Waals surface area contributed by atoms with Gasteiger partial charge in [0.1, 0.15) is 5.82 Å². The summed E-state index contributed by atoms with van der Waals surface area (Å²) in [5, 5.41) is 0. The van der Waals surface area contributed by atoms with E-state index in [1.807, 2.05) is 0 Å². The van der Waals surface area contributed by atoms with Crippen LogP contribution in [0.2, 0.25) is 0 Å². The molecule has 2 N–H and O–H groups in total. The molecule has 1 aromatic carbocycles. The maximum absolute atomic E-state index is 14.1. The van der Waals surface area contributed by atoms with Crippen molar-refractivity contribution >= 4 is 0 Å². The quantitative estimate of drug-likeness (QED) is 0.771. The predicted molar refractivity (Wildman–Crippen MR) is 74.0 cm³/mol. The molecule has 0 aromatic heterocycles. The molecule has 0 amide bonds. The minimum absolute atomic E-state index is 0.0171. The summed E-state index contributed by atoms with van der Waals surface area (Å²) in [6, 6.07) is 2.69. The number of halogens is 4. The standard InChI is InChI=1S/C16H21F4N/c1-9-6-7-11(8-10(9)2)15(21)12-4-3-5-13(14(12)17)16(18,19)20/h3-5,9-11,15H,6-8,21H2,1-2H3. The van der Waals surface area contributed by atoms with Gasteiger partial charge in [-0.2, -0.15) is 13.2 Å². The molecule has 0 bridgehead atoms. The molecular formula is C16H21F4N. The van der Waals surface area contributed by atoms with Crippen LogP contribution in [-0.4, -0.2) is 0 Å². The molecule has 2 rings (SSSR count). The van der Waals surface area contributed by atoms with E-state index in [4.69, 9.17) is 5.73 Å². The highest BCUT2D eigenvalue weighted by Gasteiger charge is 2.37. The maximum Gasteiger partial charge on any atom is 0.419 e. The zero-order valence-corrected chi connectivity index (χ0v) is 12.3. The van der Waals surface area contributed by atoms with Gasteiger partial charge in [0.15, 0.2) is 0 Å². The largest absolute Gasteiger partial charge is 0.419 e. The van der Waals surface area contributed by atoms with Crippen LogP contribution in [0.25, 0.3) is 0 Å². The van der Waals surface area contributed by atoms with Crippen LogP contribution < -0.4 is 5.73 Å². The fourth-order valence-corrected chi connectivity index (χ4v) is 3.20. The van der Waals surface area contributed by atoms with Crippen molar-refractivity contribution in [1.29, 1.82) is 0 Å². The topological polar surface area (TPSA) is 26.0 Å². The van der Waals surface area contributed by atoms with Gasteiger partial charge in [0.25, 0.3) is 0 Å². The fourth-order valence-electron chi connectivity index (χ4n) is 3.20. The molecule has 4 atom stereocenters. The number of hydrogen-bond donors (Lipinski definition) is 1. The molecule has 4 unspecified atom stereocenters. The summed E-state index contributed by atoms with van der Waals surface area (Å²) in [5.41, 5.74) is 4.84. The Morgan fingerprint density at radius 2 is 1.81 bits per heavy atom. The lowest BCUT2D eigenvalue weighted by molar-refractivity contribution is -0.140. The van der Waals surface area contributed by atoms with Gasteiger partial charge in [-0.05, 0) is 36.7 Å². The van der Waals surface area contributed by atoms with E-state index in [-0.39, 0.29) is 11.5 Å². The van der Waals surface area contributed by atoms with Crippen molar-refractivity contribution in [1.82, 2.24) is 0 Å². The van der Waals surface area contributed by atoms with Crippen LogP contribution in [0.5, 0.6) is 0 Å². The highest BCUT2D eigenvalue weighted by molar-refractivity contribution is 5.30. The number of nitrogens with two attached hydrogens (primary N) is 1. The van der Waals surface area contributed by atoms with Gasteiger partial charge < -0.3 is 5.73 Å². The first-order valence-corrected chi connectivity index (χ1v) is 7.33. The molecular weight excluding hydrogens is 282 g/mol. The molecule has 21 heavy (non-hydrogen) atoms. The van der Waals surface area contributed by atoms with Crippen LogP contribution in [0.15, 0.2) is 18.2 Å². The number of rotatable bonds is 2. The molecule has 5 heteroatoms. The summed E-state index contributed by atoms with van der Waals surface area (Å²) in [6.45, 7) is 4.28. The van der Waals surface area contributed by atoms with E-state index in [9.17, 15) is 17.6 Å². The minimum Gasteiger partial charge on any atom is -0.324 e. The third-order valence-electron chi connectivity index (χ3n) is 4.84. The van der Waals surface area contributed by atoms with Crippen LogP contribution in [-0.2, 0) is 6.18 Å². The van der Waals surface area contributed by atoms with E-state index in [0.717, 1.165) is 25.3 Å². The van der Waals surface area contributed by atoms with E-state index in [0.29, 0.717) is 11.8 Å². The van der Waals surface area contributed by atoms with E-state index < -0.39 is 23.6 Å². The molecule has 1 saturated carbocycles. The Bertz CT molecular complexity index is 498. The van der Waals surface area contributed by atoms with Crippen molar-refractivity contribution in [3.8, 4) is 0 Å². The summed E-state index contributed by atoms with van der Waals surface area (Å²) in [5.74, 6) is -0.138. The van der Waals surface area contributed by atoms with Crippen LogP contribution >= 0.6 is 0 Å². The molecule has 1 aromatic rings. The molecule has 0 spiro atoms. The van der Waals surface area contributed by atoms with E-state index >= 15 is 0 Å². The summed E-state index contributed by atoms with van der Waals surface area (Å²) in [4.78, 5) is 0. The average Bonchev–Trinajstić information content (AvgIpc) is 2.40. The first-order valence-electron chi connectivity index (χ1n) is 7.33. The molecule has 118 valence electrons. The molecule has 1 nitrogen and oxygen atoms in total. The summed E-state index contributed by atoms with van der Waals surface area (Å²) < 4.78 is 52.4. The second-order valence-corrected chi connectivity index (χ2v) is 6.26. The van der Waals surface area contributed by atoms with Crippen molar-refractivity contribution in [3.63, 3.8) is 0 Å². The number of hydrogen-bond acceptors (Lipinski definition) is 1. The minimum atomic E-state index is -4.69. The SMILES string of the molecule is CC1CCC(C(N)c2cccc(C(F)(F)F)c2F)CC1C. The van der Waals surface area contributed by atoms with Crippen molar-refractivity contribution in [2.24, 2.45) is 23.5 Å². The van der Waals surface area contributed by atoms with Gasteiger partial charge in [-0.1, -0.05) is 32.4 Å². The molecule has 0 radical (unpaired) electrons. The average molecular weight is 303 g/mol. The fraction of sp³-hybridized carbons (Fsp3) is 0.625. The van der Waals surface area contributed by atoms with E-state index in [1.54, 1.807) is 0 Å². The van der Waals surface area contributed by atoms with Gasteiger partial charge in [0.2, 0.25) is 0 Å². The first-order chi connectivity index (χ1) is 9.71. The Kier molecular flexibility index (Phi) is 4.61. The molecule has 1 aliphatic carbocycles. The lowest BCUT2D eigenvalue weighted by Gasteiger charge is -2.35. The van der Waals surface area contributed by atoms with Crippen molar-refractivity contribution in [2.75, 3.05) is 0 Å². The molecule has 1 fully saturated rings. The Hall–Kier alpha value is -1.10. The molecule has 0 heterocycles. The lowest BCUT2D eigenvalue weighted by Crippen LogP contribution is -2.30. The predicted octanol–water partition coefficient (Wildman–Crippen LogP) is 4.92. The van der Waals surface area contributed by atoms with E-state index in [1.165, 1.54) is 12.1 Å². The zero-order valence-electron chi connectivity index (χ0n) is 12.3. The maximum atomic E-state index is 14.1. The second-order valence-electron chi connectivity index (χ2n) is 6.26. The summed E-state index contributed by atoms with van der Waals surface area (Å²) in [7, 11) is 0. The Morgan fingerprint density at radius 1 is 1.14 bits per heavy atom. The Morgan fingerprint density at radius 3 is 2.38 bits per heavy atom. The highest BCUT2D eigenvalue weighted by Crippen LogP contribution is 2.41. The lowest BCUT2D eigenvalue weighted by atomic mass is 9.72. The monoisotopic (exact) mass is 303 g/mol. The van der Waals surface area contributed by atoms with Gasteiger partial charge in [0, 0.05) is 11.6 Å². The van der Waals surface area contributed by atoms with Crippen LogP contribution in [0.1, 0.15) is 50.3 Å². The smallest absolute Gasteiger partial charge is 0.324 e. The van der Waals surface area contributed by atoms with Crippen LogP contribution in [0.4, 0.5) is 17.6 Å². The highest BCUT2D eigenvalue weighted by atomic mass is 19.4. The third kappa shape index (κ3) is 3.39. The second kappa shape index (κ2) is 5.95. The van der Waals surface area contributed by atoms with E-state index in [2.05, 4.69) is 13.8 Å². The van der Waals surface area contributed by atoms with Crippen LogP contribution in [0, 0.1) is 23.6 Å².